The van der Waals surface area contributed by atoms with E-state index in [1.54, 1.807) is 37.4 Å². The molecule has 0 spiro atoms. The van der Waals surface area contributed by atoms with Crippen LogP contribution in [0.3, 0.4) is 0 Å². The third-order valence-corrected chi connectivity index (χ3v) is 4.55. The monoisotopic (exact) mass is 329 g/mol. The van der Waals surface area contributed by atoms with Crippen LogP contribution in [0.25, 0.3) is 0 Å². The van der Waals surface area contributed by atoms with Gasteiger partial charge in [0, 0.05) is 18.0 Å². The maximum Gasteiger partial charge on any atom is 0.255 e. The molecule has 0 aliphatic heterocycles. The lowest BCUT2D eigenvalue weighted by Crippen LogP contribution is -2.32. The number of methoxy groups -OCH3 is 2. The Morgan fingerprint density at radius 3 is 2.42 bits per heavy atom. The summed E-state index contributed by atoms with van der Waals surface area (Å²) in [6.07, 6.45) is 1.97. The van der Waals surface area contributed by atoms with Crippen molar-refractivity contribution in [2.45, 2.75) is 18.3 Å². The maximum atomic E-state index is 13.1. The van der Waals surface area contributed by atoms with Gasteiger partial charge in [-0.25, -0.2) is 4.39 Å². The van der Waals surface area contributed by atoms with Crippen molar-refractivity contribution in [1.29, 1.82) is 0 Å². The number of hydrogen-bond donors (Lipinski definition) is 1. The summed E-state index contributed by atoms with van der Waals surface area (Å²) in [5.74, 6) is 0.663. The third-order valence-electron chi connectivity index (χ3n) is 4.55. The van der Waals surface area contributed by atoms with Crippen molar-refractivity contribution in [3.8, 4) is 11.5 Å². The zero-order valence-electron chi connectivity index (χ0n) is 13.8. The number of benzene rings is 2. The Morgan fingerprint density at radius 1 is 1.12 bits per heavy atom. The molecule has 1 aliphatic carbocycles. The molecule has 4 nitrogen and oxygen atoms in total. The van der Waals surface area contributed by atoms with Crippen LogP contribution in [-0.4, -0.2) is 26.7 Å². The summed E-state index contributed by atoms with van der Waals surface area (Å²) in [4.78, 5) is 12.5. The van der Waals surface area contributed by atoms with Crippen LogP contribution in [0.1, 0.15) is 28.8 Å². The highest BCUT2D eigenvalue weighted by molar-refractivity contribution is 5.97. The molecule has 0 radical (unpaired) electrons. The van der Waals surface area contributed by atoms with E-state index in [0.717, 1.165) is 18.4 Å². The van der Waals surface area contributed by atoms with Crippen molar-refractivity contribution in [3.05, 3.63) is 59.4 Å². The maximum absolute atomic E-state index is 13.1. The Balaban J connectivity index is 1.71. The van der Waals surface area contributed by atoms with Crippen LogP contribution in [0.2, 0.25) is 0 Å². The predicted molar refractivity (Wildman–Crippen MR) is 89.2 cm³/mol. The first-order chi connectivity index (χ1) is 11.6. The summed E-state index contributed by atoms with van der Waals surface area (Å²) in [5, 5.41) is 2.97. The fourth-order valence-electron chi connectivity index (χ4n) is 2.85. The minimum Gasteiger partial charge on any atom is -0.497 e. The molecule has 5 heteroatoms. The summed E-state index contributed by atoms with van der Waals surface area (Å²) in [5.41, 5.74) is 1.45. The van der Waals surface area contributed by atoms with E-state index in [-0.39, 0.29) is 17.1 Å². The Kier molecular flexibility index (Phi) is 4.42. The van der Waals surface area contributed by atoms with Crippen LogP contribution < -0.4 is 14.8 Å². The molecule has 0 bridgehead atoms. The van der Waals surface area contributed by atoms with Gasteiger partial charge in [0.1, 0.15) is 17.3 Å². The largest absolute Gasteiger partial charge is 0.497 e. The molecular weight excluding hydrogens is 309 g/mol. The molecule has 0 unspecified atom stereocenters. The van der Waals surface area contributed by atoms with Crippen molar-refractivity contribution in [1.82, 2.24) is 5.32 Å². The lowest BCUT2D eigenvalue weighted by atomic mass is 9.96. The number of hydrogen-bond acceptors (Lipinski definition) is 3. The average molecular weight is 329 g/mol. The molecule has 2 aromatic rings. The smallest absolute Gasteiger partial charge is 0.255 e. The van der Waals surface area contributed by atoms with E-state index in [2.05, 4.69) is 5.32 Å². The Hall–Kier alpha value is -2.56. The van der Waals surface area contributed by atoms with E-state index in [4.69, 9.17) is 9.47 Å². The zero-order valence-corrected chi connectivity index (χ0v) is 13.8. The van der Waals surface area contributed by atoms with Crippen molar-refractivity contribution in [2.75, 3.05) is 20.8 Å². The van der Waals surface area contributed by atoms with E-state index in [1.807, 2.05) is 0 Å². The summed E-state index contributed by atoms with van der Waals surface area (Å²) in [6, 6.07) is 11.6. The van der Waals surface area contributed by atoms with E-state index < -0.39 is 0 Å². The van der Waals surface area contributed by atoms with Gasteiger partial charge >= 0.3 is 0 Å². The molecule has 0 atom stereocenters. The van der Waals surface area contributed by atoms with Crippen LogP contribution in [-0.2, 0) is 5.41 Å². The van der Waals surface area contributed by atoms with Gasteiger partial charge in [-0.05, 0) is 42.7 Å². The van der Waals surface area contributed by atoms with Crippen molar-refractivity contribution in [2.24, 2.45) is 0 Å². The number of nitrogens with one attached hydrogen (secondary N) is 1. The fourth-order valence-corrected chi connectivity index (χ4v) is 2.85. The molecule has 1 amide bonds. The van der Waals surface area contributed by atoms with Crippen LogP contribution in [0.4, 0.5) is 4.39 Å². The predicted octanol–water partition coefficient (Wildman–Crippen LogP) is 3.30. The minimum absolute atomic E-state index is 0.0803. The number of rotatable bonds is 6. The molecule has 3 rings (SSSR count). The van der Waals surface area contributed by atoms with E-state index in [0.29, 0.717) is 23.6 Å². The highest BCUT2D eigenvalue weighted by Crippen LogP contribution is 2.47. The molecule has 24 heavy (non-hydrogen) atoms. The fraction of sp³-hybridized carbons (Fsp3) is 0.316. The highest BCUT2D eigenvalue weighted by atomic mass is 19.1. The van der Waals surface area contributed by atoms with Crippen molar-refractivity contribution in [3.63, 3.8) is 0 Å². The van der Waals surface area contributed by atoms with Gasteiger partial charge in [0.2, 0.25) is 0 Å². The van der Waals surface area contributed by atoms with Crippen LogP contribution in [0.15, 0.2) is 42.5 Å². The van der Waals surface area contributed by atoms with E-state index >= 15 is 0 Å². The highest BCUT2D eigenvalue weighted by Gasteiger charge is 2.44. The Morgan fingerprint density at radius 2 is 1.83 bits per heavy atom. The van der Waals surface area contributed by atoms with Gasteiger partial charge in [-0.1, -0.05) is 12.1 Å². The Bertz CT molecular complexity index is 739. The normalized spacial score (nSPS) is 14.8. The lowest BCUT2D eigenvalue weighted by molar-refractivity contribution is 0.0946. The number of carbonyl (C=O) groups is 1. The molecule has 0 saturated heterocycles. The van der Waals surface area contributed by atoms with Crippen LogP contribution in [0.5, 0.6) is 11.5 Å². The molecular formula is C19H20FNO3. The molecule has 1 aliphatic rings. The minimum atomic E-state index is -0.249. The van der Waals surface area contributed by atoms with E-state index in [9.17, 15) is 9.18 Å². The lowest BCUT2D eigenvalue weighted by Gasteiger charge is -2.17. The molecule has 126 valence electrons. The summed E-state index contributed by atoms with van der Waals surface area (Å²) >= 11 is 0. The molecule has 1 saturated carbocycles. The number of amides is 1. The Labute approximate surface area is 140 Å². The zero-order chi connectivity index (χ0) is 17.2. The average Bonchev–Trinajstić information content (AvgIpc) is 3.40. The summed E-state index contributed by atoms with van der Waals surface area (Å²) in [6.45, 7) is 0.520. The number of ether oxygens (including phenoxy) is 2. The first-order valence-electron chi connectivity index (χ1n) is 7.84. The van der Waals surface area contributed by atoms with Gasteiger partial charge in [0.15, 0.2) is 0 Å². The molecule has 1 N–H and O–H groups in total. The first-order valence-corrected chi connectivity index (χ1v) is 7.84. The molecule has 2 aromatic carbocycles. The topological polar surface area (TPSA) is 47.6 Å². The van der Waals surface area contributed by atoms with Gasteiger partial charge in [0.05, 0.1) is 19.8 Å². The molecule has 1 fully saturated rings. The van der Waals surface area contributed by atoms with Crippen LogP contribution in [0, 0.1) is 5.82 Å². The van der Waals surface area contributed by atoms with Gasteiger partial charge < -0.3 is 14.8 Å². The molecule has 0 aromatic heterocycles. The second kappa shape index (κ2) is 6.51. The number of carbonyl (C=O) groups excluding carboxylic acids is 1. The van der Waals surface area contributed by atoms with Gasteiger partial charge in [0.25, 0.3) is 5.91 Å². The van der Waals surface area contributed by atoms with Gasteiger partial charge in [-0.15, -0.1) is 0 Å². The standard InChI is InChI=1S/C19H20FNO3/c1-23-15-7-8-16(17(11-15)24-2)18(22)21-12-19(9-10-19)13-3-5-14(20)6-4-13/h3-8,11H,9-10,12H2,1-2H3,(H,21,22). The second-order valence-electron chi connectivity index (χ2n) is 6.04. The number of halogens is 1. The van der Waals surface area contributed by atoms with Crippen LogP contribution >= 0.6 is 0 Å². The quantitative estimate of drug-likeness (QED) is 0.884. The van der Waals surface area contributed by atoms with Crippen molar-refractivity contribution >= 4 is 5.91 Å². The van der Waals surface area contributed by atoms with Gasteiger partial charge in [-0.2, -0.15) is 0 Å². The molecule has 0 heterocycles. The second-order valence-corrected chi connectivity index (χ2v) is 6.04. The first kappa shape index (κ1) is 16.3. The summed E-state index contributed by atoms with van der Waals surface area (Å²) in [7, 11) is 3.08. The third kappa shape index (κ3) is 3.20. The SMILES string of the molecule is COc1ccc(C(=O)NCC2(c3ccc(F)cc3)CC2)c(OC)c1. The van der Waals surface area contributed by atoms with Crippen molar-refractivity contribution < 1.29 is 18.7 Å². The summed E-state index contributed by atoms with van der Waals surface area (Å²) < 4.78 is 23.5. The van der Waals surface area contributed by atoms with E-state index in [1.165, 1.54) is 19.2 Å². The van der Waals surface area contributed by atoms with Gasteiger partial charge in [-0.3, -0.25) is 4.79 Å².